The quantitative estimate of drug-likeness (QED) is 0.409. The Bertz CT molecular complexity index is 192. The smallest absolute Gasteiger partial charge is 0.0163 e. The van der Waals surface area contributed by atoms with Gasteiger partial charge >= 0.3 is 0 Å². The highest BCUT2D eigenvalue weighted by atomic mass is 13.7. The summed E-state index contributed by atoms with van der Waals surface area (Å²) in [5, 5.41) is 0. The summed E-state index contributed by atoms with van der Waals surface area (Å²) in [5.74, 6) is 0. The van der Waals surface area contributed by atoms with Crippen LogP contribution in [0.3, 0.4) is 0 Å². The van der Waals surface area contributed by atoms with Crippen LogP contribution >= 0.6 is 0 Å². The Balaban J connectivity index is 3.42. The van der Waals surface area contributed by atoms with Gasteiger partial charge in [0.15, 0.2) is 0 Å². The first-order chi connectivity index (χ1) is 5.91. The largest absolute Gasteiger partial charge is 0.103 e. The molecule has 0 spiro atoms. The van der Waals surface area contributed by atoms with Gasteiger partial charge in [-0.25, -0.2) is 0 Å². The summed E-state index contributed by atoms with van der Waals surface area (Å²) in [6, 6.07) is 0. The summed E-state index contributed by atoms with van der Waals surface area (Å²) >= 11 is 0. The van der Waals surface area contributed by atoms with Crippen molar-refractivity contribution >= 4 is 0 Å². The van der Waals surface area contributed by atoms with Crippen LogP contribution < -0.4 is 0 Å². The second-order valence-electron chi connectivity index (χ2n) is 2.28. The lowest BCUT2D eigenvalue weighted by molar-refractivity contribution is 1.38. The molecular formula is C12H16. The van der Waals surface area contributed by atoms with Crippen molar-refractivity contribution in [2.75, 3.05) is 0 Å². The van der Waals surface area contributed by atoms with Crippen LogP contribution in [0.1, 0.15) is 12.8 Å². The minimum atomic E-state index is 0.937. The Kier molecular flexibility index (Phi) is 8.65. The van der Waals surface area contributed by atoms with Crippen LogP contribution in [0.15, 0.2) is 61.8 Å². The fourth-order valence-electron chi connectivity index (χ4n) is 0.664. The van der Waals surface area contributed by atoms with E-state index in [-0.39, 0.29) is 0 Å². The lowest BCUT2D eigenvalue weighted by Crippen LogP contribution is -1.57. The molecule has 64 valence electrons. The molecule has 0 amide bonds. The van der Waals surface area contributed by atoms with Gasteiger partial charge < -0.3 is 0 Å². The van der Waals surface area contributed by atoms with E-state index in [1.807, 2.05) is 24.3 Å². The summed E-state index contributed by atoms with van der Waals surface area (Å²) in [5.41, 5.74) is 0. The Labute approximate surface area is 75.3 Å². The molecule has 0 aliphatic heterocycles. The summed E-state index contributed by atoms with van der Waals surface area (Å²) in [7, 11) is 0. The van der Waals surface area contributed by atoms with Crippen LogP contribution in [-0.2, 0) is 0 Å². The molecule has 0 aliphatic rings. The Morgan fingerprint density at radius 1 is 0.750 bits per heavy atom. The van der Waals surface area contributed by atoms with Crippen molar-refractivity contribution in [3.8, 4) is 0 Å². The van der Waals surface area contributed by atoms with Gasteiger partial charge in [-0.2, -0.15) is 0 Å². The van der Waals surface area contributed by atoms with Crippen molar-refractivity contribution in [1.29, 1.82) is 0 Å². The van der Waals surface area contributed by atoms with Crippen molar-refractivity contribution in [2.24, 2.45) is 0 Å². The van der Waals surface area contributed by atoms with Crippen LogP contribution in [0.25, 0.3) is 0 Å². The predicted octanol–water partition coefficient (Wildman–Crippen LogP) is 3.81. The van der Waals surface area contributed by atoms with E-state index in [1.165, 1.54) is 0 Å². The summed E-state index contributed by atoms with van der Waals surface area (Å²) in [6.45, 7) is 7.20. The van der Waals surface area contributed by atoms with E-state index in [1.54, 1.807) is 6.08 Å². The van der Waals surface area contributed by atoms with Crippen LogP contribution in [0.5, 0.6) is 0 Å². The van der Waals surface area contributed by atoms with Gasteiger partial charge in [0.2, 0.25) is 0 Å². The van der Waals surface area contributed by atoms with Gasteiger partial charge in [-0.1, -0.05) is 55.2 Å². The molecule has 0 unspecified atom stereocenters. The van der Waals surface area contributed by atoms with Crippen molar-refractivity contribution < 1.29 is 0 Å². The van der Waals surface area contributed by atoms with Crippen molar-refractivity contribution in [1.82, 2.24) is 0 Å². The Morgan fingerprint density at radius 2 is 1.33 bits per heavy atom. The van der Waals surface area contributed by atoms with E-state index in [4.69, 9.17) is 0 Å². The maximum Gasteiger partial charge on any atom is -0.0163 e. The fourth-order valence-corrected chi connectivity index (χ4v) is 0.664. The van der Waals surface area contributed by atoms with Gasteiger partial charge in [-0.15, -0.1) is 6.58 Å². The topological polar surface area (TPSA) is 0 Å². The zero-order valence-corrected chi connectivity index (χ0v) is 7.45. The average Bonchev–Trinajstić information content (AvgIpc) is 2.10. The van der Waals surface area contributed by atoms with Crippen LogP contribution in [0, 0.1) is 0 Å². The van der Waals surface area contributed by atoms with Crippen LogP contribution in [0.4, 0.5) is 0 Å². The second kappa shape index (κ2) is 9.70. The predicted molar refractivity (Wildman–Crippen MR) is 57.0 cm³/mol. The van der Waals surface area contributed by atoms with E-state index >= 15 is 0 Å². The van der Waals surface area contributed by atoms with E-state index < -0.39 is 0 Å². The molecule has 0 aromatic heterocycles. The summed E-state index contributed by atoms with van der Waals surface area (Å²) in [4.78, 5) is 0. The monoisotopic (exact) mass is 160 g/mol. The molecule has 0 N–H and O–H groups in total. The summed E-state index contributed by atoms with van der Waals surface area (Å²) in [6.07, 6.45) is 17.8. The number of rotatable bonds is 6. The molecule has 0 heterocycles. The average molecular weight is 160 g/mol. The second-order valence-corrected chi connectivity index (χ2v) is 2.28. The summed E-state index contributed by atoms with van der Waals surface area (Å²) < 4.78 is 0. The number of allylic oxidation sites excluding steroid dienone is 8. The molecular weight excluding hydrogens is 144 g/mol. The van der Waals surface area contributed by atoms with E-state index in [0.717, 1.165) is 12.8 Å². The van der Waals surface area contributed by atoms with Crippen LogP contribution in [0.2, 0.25) is 0 Å². The first-order valence-corrected chi connectivity index (χ1v) is 4.12. The molecule has 0 aliphatic carbocycles. The third-order valence-electron chi connectivity index (χ3n) is 1.23. The highest BCUT2D eigenvalue weighted by Gasteiger charge is 1.67. The third-order valence-corrected chi connectivity index (χ3v) is 1.23. The molecule has 0 bridgehead atoms. The molecule has 0 atom stereocenters. The molecule has 0 saturated carbocycles. The standard InChI is InChI=1S/C12H16/c1-3-5-7-9-11-12-10-8-6-4-2/h3-5,7-8,10-12H,1-2,6,9H2. The molecule has 0 aromatic rings. The molecule has 0 rings (SSSR count). The van der Waals surface area contributed by atoms with Gasteiger partial charge in [0.05, 0.1) is 0 Å². The highest BCUT2D eigenvalue weighted by molar-refractivity contribution is 5.07. The number of hydrogen-bond acceptors (Lipinski definition) is 0. The lowest BCUT2D eigenvalue weighted by Gasteiger charge is -1.78. The van der Waals surface area contributed by atoms with E-state index in [0.29, 0.717) is 0 Å². The van der Waals surface area contributed by atoms with Gasteiger partial charge in [-0.05, 0) is 12.8 Å². The maximum absolute atomic E-state index is 3.62. The lowest BCUT2D eigenvalue weighted by atomic mass is 10.3. The fraction of sp³-hybridized carbons (Fsp3) is 0.167. The van der Waals surface area contributed by atoms with Crippen LogP contribution in [-0.4, -0.2) is 0 Å². The van der Waals surface area contributed by atoms with E-state index in [9.17, 15) is 0 Å². The highest BCUT2D eigenvalue weighted by Crippen LogP contribution is 1.89. The first kappa shape index (κ1) is 10.7. The molecule has 0 radical (unpaired) electrons. The van der Waals surface area contributed by atoms with Crippen molar-refractivity contribution in [3.63, 3.8) is 0 Å². The minimum absolute atomic E-state index is 0.937. The van der Waals surface area contributed by atoms with Crippen molar-refractivity contribution in [3.05, 3.63) is 61.8 Å². The minimum Gasteiger partial charge on any atom is -0.103 e. The van der Waals surface area contributed by atoms with Gasteiger partial charge in [0.1, 0.15) is 0 Å². The Morgan fingerprint density at radius 3 is 1.92 bits per heavy atom. The zero-order chi connectivity index (χ0) is 9.07. The van der Waals surface area contributed by atoms with Crippen molar-refractivity contribution in [2.45, 2.75) is 12.8 Å². The van der Waals surface area contributed by atoms with E-state index in [2.05, 4.69) is 31.4 Å². The SMILES string of the molecule is C=CC=CCC=CC=CCC=C. The molecule has 0 fully saturated rings. The molecule has 12 heavy (non-hydrogen) atoms. The third kappa shape index (κ3) is 8.70. The van der Waals surface area contributed by atoms with Gasteiger partial charge in [0.25, 0.3) is 0 Å². The first-order valence-electron chi connectivity index (χ1n) is 4.12. The molecule has 0 aromatic carbocycles. The zero-order valence-electron chi connectivity index (χ0n) is 7.45. The van der Waals surface area contributed by atoms with Gasteiger partial charge in [0, 0.05) is 0 Å². The van der Waals surface area contributed by atoms with Gasteiger partial charge in [-0.3, -0.25) is 0 Å². The normalized spacial score (nSPS) is 11.7. The molecule has 0 saturated heterocycles. The molecule has 0 heteroatoms. The molecule has 0 nitrogen and oxygen atoms in total. The number of hydrogen-bond donors (Lipinski definition) is 0. The maximum atomic E-state index is 3.62. The Hall–Kier alpha value is -1.30.